The predicted molar refractivity (Wildman–Crippen MR) is 63.7 cm³/mol. The van der Waals surface area contributed by atoms with Crippen molar-refractivity contribution in [2.45, 2.75) is 19.4 Å². The zero-order valence-corrected chi connectivity index (χ0v) is 10.4. The zero-order valence-electron chi connectivity index (χ0n) is 8.00. The normalized spacial score (nSPS) is 11.0. The van der Waals surface area contributed by atoms with E-state index in [1.54, 1.807) is 0 Å². The number of unbranched alkanes of at least 4 members (excludes halogenated alkanes) is 1. The largest absolute Gasteiger partial charge is 0.301 e. The van der Waals surface area contributed by atoms with Gasteiger partial charge in [-0.1, -0.05) is 22.0 Å². The van der Waals surface area contributed by atoms with Crippen LogP contribution in [-0.2, 0) is 6.54 Å². The molecule has 1 aromatic heterocycles. The molecule has 13 heavy (non-hydrogen) atoms. The molecule has 0 fully saturated rings. The van der Waals surface area contributed by atoms with Crippen LogP contribution in [0, 0.1) is 0 Å². The van der Waals surface area contributed by atoms with Gasteiger partial charge in [0.1, 0.15) is 0 Å². The average molecular weight is 262 g/mol. The zero-order chi connectivity index (χ0) is 9.52. The van der Waals surface area contributed by atoms with Crippen LogP contribution in [0.5, 0.6) is 0 Å². The van der Waals surface area contributed by atoms with Gasteiger partial charge >= 0.3 is 0 Å². The molecule has 0 unspecified atom stereocenters. The molecule has 1 rings (SSSR count). The maximum Gasteiger partial charge on any atom is 0.0324 e. The average Bonchev–Trinajstić information content (AvgIpc) is 2.57. The molecule has 74 valence electrons. The van der Waals surface area contributed by atoms with Crippen LogP contribution in [0.2, 0.25) is 0 Å². The Morgan fingerprint density at radius 3 is 2.92 bits per heavy atom. The number of alkyl halides is 1. The molecule has 1 aromatic rings. The first kappa shape index (κ1) is 11.2. The van der Waals surface area contributed by atoms with E-state index in [0.717, 1.165) is 11.9 Å². The highest BCUT2D eigenvalue weighted by molar-refractivity contribution is 9.09. The van der Waals surface area contributed by atoms with Crippen molar-refractivity contribution in [3.05, 3.63) is 22.4 Å². The van der Waals surface area contributed by atoms with Crippen LogP contribution in [-0.4, -0.2) is 23.8 Å². The van der Waals surface area contributed by atoms with Crippen molar-refractivity contribution in [3.63, 3.8) is 0 Å². The van der Waals surface area contributed by atoms with E-state index in [0.29, 0.717) is 0 Å². The van der Waals surface area contributed by atoms with Crippen molar-refractivity contribution >= 4 is 27.3 Å². The highest BCUT2D eigenvalue weighted by atomic mass is 79.9. The number of nitrogens with zero attached hydrogens (tertiary/aromatic N) is 1. The summed E-state index contributed by atoms with van der Waals surface area (Å²) in [6.07, 6.45) is 2.56. The van der Waals surface area contributed by atoms with Crippen molar-refractivity contribution in [1.82, 2.24) is 4.90 Å². The van der Waals surface area contributed by atoms with E-state index in [-0.39, 0.29) is 0 Å². The monoisotopic (exact) mass is 261 g/mol. The van der Waals surface area contributed by atoms with Crippen molar-refractivity contribution in [2.24, 2.45) is 0 Å². The van der Waals surface area contributed by atoms with Crippen molar-refractivity contribution in [3.8, 4) is 0 Å². The Labute approximate surface area is 92.9 Å². The third-order valence-corrected chi connectivity index (χ3v) is 3.35. The topological polar surface area (TPSA) is 3.24 Å². The van der Waals surface area contributed by atoms with E-state index >= 15 is 0 Å². The van der Waals surface area contributed by atoms with Crippen molar-refractivity contribution < 1.29 is 0 Å². The predicted octanol–water partition coefficient (Wildman–Crippen LogP) is 3.36. The molecule has 0 atom stereocenters. The molecule has 0 spiro atoms. The molecular weight excluding hydrogens is 246 g/mol. The third kappa shape index (κ3) is 4.79. The van der Waals surface area contributed by atoms with Crippen LogP contribution < -0.4 is 0 Å². The summed E-state index contributed by atoms with van der Waals surface area (Å²) in [4.78, 5) is 3.84. The van der Waals surface area contributed by atoms with Crippen molar-refractivity contribution in [2.75, 3.05) is 18.9 Å². The first-order chi connectivity index (χ1) is 6.33. The van der Waals surface area contributed by atoms with Crippen LogP contribution in [0.1, 0.15) is 17.7 Å². The van der Waals surface area contributed by atoms with E-state index in [2.05, 4.69) is 45.4 Å². The summed E-state index contributed by atoms with van der Waals surface area (Å²) in [6, 6.07) is 4.32. The van der Waals surface area contributed by atoms with Gasteiger partial charge in [-0.15, -0.1) is 11.3 Å². The van der Waals surface area contributed by atoms with Gasteiger partial charge in [0.25, 0.3) is 0 Å². The van der Waals surface area contributed by atoms with E-state index in [9.17, 15) is 0 Å². The van der Waals surface area contributed by atoms with Crippen molar-refractivity contribution in [1.29, 1.82) is 0 Å². The second-order valence-electron chi connectivity index (χ2n) is 3.21. The number of halogens is 1. The quantitative estimate of drug-likeness (QED) is 0.561. The summed E-state index contributed by atoms with van der Waals surface area (Å²) in [5.74, 6) is 0. The lowest BCUT2D eigenvalue weighted by molar-refractivity contribution is 0.324. The molecule has 1 heterocycles. The lowest BCUT2D eigenvalue weighted by Crippen LogP contribution is -2.18. The fourth-order valence-electron chi connectivity index (χ4n) is 1.22. The summed E-state index contributed by atoms with van der Waals surface area (Å²) in [5.41, 5.74) is 0. The Hall–Kier alpha value is 0.140. The molecule has 0 aromatic carbocycles. The van der Waals surface area contributed by atoms with Crippen LogP contribution >= 0.6 is 27.3 Å². The summed E-state index contributed by atoms with van der Waals surface area (Å²) >= 11 is 5.28. The first-order valence-electron chi connectivity index (χ1n) is 4.60. The van der Waals surface area contributed by atoms with Crippen LogP contribution in [0.25, 0.3) is 0 Å². The summed E-state index contributed by atoms with van der Waals surface area (Å²) in [7, 11) is 2.19. The van der Waals surface area contributed by atoms with E-state index in [1.165, 1.54) is 24.3 Å². The van der Waals surface area contributed by atoms with E-state index in [4.69, 9.17) is 0 Å². The molecule has 0 saturated carbocycles. The molecule has 0 N–H and O–H groups in total. The Morgan fingerprint density at radius 2 is 2.31 bits per heavy atom. The van der Waals surface area contributed by atoms with E-state index in [1.807, 2.05) is 11.3 Å². The highest BCUT2D eigenvalue weighted by Crippen LogP contribution is 2.11. The van der Waals surface area contributed by atoms with Gasteiger partial charge in [-0.25, -0.2) is 0 Å². The molecule has 0 aliphatic rings. The minimum atomic E-state index is 1.10. The lowest BCUT2D eigenvalue weighted by atomic mass is 10.3. The highest BCUT2D eigenvalue weighted by Gasteiger charge is 1.99. The summed E-state index contributed by atoms with van der Waals surface area (Å²) in [5, 5.41) is 3.27. The van der Waals surface area contributed by atoms with Gasteiger partial charge in [-0.05, 0) is 37.9 Å². The maximum atomic E-state index is 3.44. The van der Waals surface area contributed by atoms with Gasteiger partial charge in [0, 0.05) is 16.8 Å². The first-order valence-corrected chi connectivity index (χ1v) is 6.60. The molecule has 0 aliphatic carbocycles. The third-order valence-electron chi connectivity index (χ3n) is 1.93. The summed E-state index contributed by atoms with van der Waals surface area (Å²) < 4.78 is 0. The number of hydrogen-bond acceptors (Lipinski definition) is 2. The van der Waals surface area contributed by atoms with Gasteiger partial charge in [-0.2, -0.15) is 0 Å². The Balaban J connectivity index is 2.14. The number of thiophene rings is 1. The minimum absolute atomic E-state index is 1.10. The van der Waals surface area contributed by atoms with Gasteiger partial charge in [-0.3, -0.25) is 0 Å². The van der Waals surface area contributed by atoms with E-state index < -0.39 is 0 Å². The molecule has 0 aliphatic heterocycles. The Morgan fingerprint density at radius 1 is 1.46 bits per heavy atom. The summed E-state index contributed by atoms with van der Waals surface area (Å²) in [6.45, 7) is 2.30. The maximum absolute atomic E-state index is 3.44. The van der Waals surface area contributed by atoms with Gasteiger partial charge in [0.15, 0.2) is 0 Å². The molecule has 0 amide bonds. The van der Waals surface area contributed by atoms with Crippen LogP contribution in [0.3, 0.4) is 0 Å². The van der Waals surface area contributed by atoms with Crippen LogP contribution in [0.4, 0.5) is 0 Å². The second kappa shape index (κ2) is 6.57. The molecule has 1 nitrogen and oxygen atoms in total. The minimum Gasteiger partial charge on any atom is -0.301 e. The molecule has 0 saturated heterocycles. The fourth-order valence-corrected chi connectivity index (χ4v) is 2.40. The Bertz CT molecular complexity index is 211. The fraction of sp³-hybridized carbons (Fsp3) is 0.600. The molecule has 0 radical (unpaired) electrons. The van der Waals surface area contributed by atoms with Gasteiger partial charge in [0.2, 0.25) is 0 Å². The Kier molecular flexibility index (Phi) is 5.67. The van der Waals surface area contributed by atoms with Crippen LogP contribution in [0.15, 0.2) is 17.5 Å². The second-order valence-corrected chi connectivity index (χ2v) is 5.04. The molecule has 0 bridgehead atoms. The standard InChI is InChI=1S/C10H16BrNS/c1-12(7-3-2-6-11)9-10-5-4-8-13-10/h4-5,8H,2-3,6-7,9H2,1H3. The molecule has 3 heteroatoms. The van der Waals surface area contributed by atoms with Gasteiger partial charge < -0.3 is 4.90 Å². The number of rotatable bonds is 6. The molecular formula is C10H16BrNS. The van der Waals surface area contributed by atoms with Gasteiger partial charge in [0.05, 0.1) is 0 Å². The smallest absolute Gasteiger partial charge is 0.0324 e. The number of hydrogen-bond donors (Lipinski definition) is 0. The lowest BCUT2D eigenvalue weighted by Gasteiger charge is -2.14. The SMILES string of the molecule is CN(CCCCBr)Cc1cccs1.